The topological polar surface area (TPSA) is 78.2 Å². The predicted octanol–water partition coefficient (Wildman–Crippen LogP) is 1.15. The van der Waals surface area contributed by atoms with Crippen molar-refractivity contribution in [2.45, 2.75) is 12.8 Å². The summed E-state index contributed by atoms with van der Waals surface area (Å²) in [7, 11) is 0. The van der Waals surface area contributed by atoms with Crippen LogP contribution < -0.4 is 5.32 Å². The van der Waals surface area contributed by atoms with E-state index in [1.54, 1.807) is 18.3 Å². The molecule has 1 aromatic heterocycles. The highest BCUT2D eigenvalue weighted by Crippen LogP contribution is 2.32. The van der Waals surface area contributed by atoms with Crippen molar-refractivity contribution in [3.8, 4) is 6.07 Å². The third kappa shape index (κ3) is 2.97. The lowest BCUT2D eigenvalue weighted by Crippen LogP contribution is -2.31. The van der Waals surface area contributed by atoms with Crippen molar-refractivity contribution < 1.29 is 9.84 Å². The van der Waals surface area contributed by atoms with E-state index in [0.29, 0.717) is 12.2 Å². The number of nitrogens with one attached hydrogen (secondary N) is 1. The minimum atomic E-state index is 0.00430. The lowest BCUT2D eigenvalue weighted by atomic mass is 9.84. The monoisotopic (exact) mass is 247 g/mol. The Labute approximate surface area is 106 Å². The van der Waals surface area contributed by atoms with Crippen molar-refractivity contribution in [1.82, 2.24) is 4.98 Å². The maximum atomic E-state index is 9.12. The van der Waals surface area contributed by atoms with E-state index >= 15 is 0 Å². The zero-order chi connectivity index (χ0) is 12.8. The number of nitrogens with zero attached hydrogens (tertiary/aromatic N) is 2. The van der Waals surface area contributed by atoms with Crippen LogP contribution in [0.5, 0.6) is 0 Å². The average molecular weight is 247 g/mol. The van der Waals surface area contributed by atoms with Gasteiger partial charge in [-0.25, -0.2) is 4.98 Å². The first-order valence-corrected chi connectivity index (χ1v) is 6.07. The van der Waals surface area contributed by atoms with E-state index in [1.807, 2.05) is 6.07 Å². The van der Waals surface area contributed by atoms with Crippen LogP contribution in [0.25, 0.3) is 0 Å². The van der Waals surface area contributed by atoms with Crippen LogP contribution in [0.3, 0.4) is 0 Å². The highest BCUT2D eigenvalue weighted by atomic mass is 16.5. The third-order valence-corrected chi connectivity index (χ3v) is 3.36. The fourth-order valence-corrected chi connectivity index (χ4v) is 2.15. The summed E-state index contributed by atoms with van der Waals surface area (Å²) in [4.78, 5) is 4.16. The largest absolute Gasteiger partial charge is 0.396 e. The molecule has 96 valence electrons. The van der Waals surface area contributed by atoms with Gasteiger partial charge >= 0.3 is 0 Å². The minimum absolute atomic E-state index is 0.00430. The molecule has 2 heterocycles. The van der Waals surface area contributed by atoms with E-state index < -0.39 is 0 Å². The van der Waals surface area contributed by atoms with Gasteiger partial charge in [-0.1, -0.05) is 0 Å². The number of hydrogen-bond acceptors (Lipinski definition) is 5. The summed E-state index contributed by atoms with van der Waals surface area (Å²) in [5.41, 5.74) is 0.555. The maximum absolute atomic E-state index is 9.12. The van der Waals surface area contributed by atoms with E-state index in [9.17, 15) is 0 Å². The number of nitriles is 1. The van der Waals surface area contributed by atoms with Crippen LogP contribution in [-0.4, -0.2) is 36.5 Å². The molecule has 5 nitrogen and oxygen atoms in total. The minimum Gasteiger partial charge on any atom is -0.396 e. The molecule has 0 aromatic carbocycles. The summed E-state index contributed by atoms with van der Waals surface area (Å²) in [6.45, 7) is 2.33. The number of hydrogen-bond donors (Lipinski definition) is 2. The van der Waals surface area contributed by atoms with Gasteiger partial charge in [0.15, 0.2) is 0 Å². The smallest absolute Gasteiger partial charge is 0.125 e. The molecule has 1 atom stereocenters. The standard InChI is InChI=1S/C13H17N3O2/c14-7-11-1-2-12(15-8-11)16-9-13(3-5-17)4-6-18-10-13/h1-2,8,17H,3-6,9-10H2,(H,15,16). The highest BCUT2D eigenvalue weighted by Gasteiger charge is 2.34. The Morgan fingerprint density at radius 3 is 3.00 bits per heavy atom. The molecule has 1 fully saturated rings. The van der Waals surface area contributed by atoms with Crippen molar-refractivity contribution in [2.75, 3.05) is 31.7 Å². The lowest BCUT2D eigenvalue weighted by molar-refractivity contribution is 0.133. The van der Waals surface area contributed by atoms with Crippen molar-refractivity contribution >= 4 is 5.82 Å². The molecular weight excluding hydrogens is 230 g/mol. The Balaban J connectivity index is 1.94. The summed E-state index contributed by atoms with van der Waals surface area (Å²) in [5.74, 6) is 0.748. The zero-order valence-electron chi connectivity index (χ0n) is 10.2. The van der Waals surface area contributed by atoms with E-state index in [0.717, 1.165) is 31.8 Å². The van der Waals surface area contributed by atoms with Crippen LogP contribution in [0, 0.1) is 16.7 Å². The summed E-state index contributed by atoms with van der Waals surface area (Å²) in [5, 5.41) is 21.1. The number of aliphatic hydroxyl groups is 1. The third-order valence-electron chi connectivity index (χ3n) is 3.36. The number of rotatable bonds is 5. The fourth-order valence-electron chi connectivity index (χ4n) is 2.15. The number of aliphatic hydroxyl groups excluding tert-OH is 1. The van der Waals surface area contributed by atoms with Crippen LogP contribution >= 0.6 is 0 Å². The Hall–Kier alpha value is -1.64. The van der Waals surface area contributed by atoms with Gasteiger partial charge in [0.1, 0.15) is 11.9 Å². The maximum Gasteiger partial charge on any atom is 0.125 e. The number of pyridine rings is 1. The first kappa shape index (κ1) is 12.8. The van der Waals surface area contributed by atoms with Gasteiger partial charge in [0.25, 0.3) is 0 Å². The van der Waals surface area contributed by atoms with Crippen LogP contribution in [0.2, 0.25) is 0 Å². The molecule has 0 spiro atoms. The van der Waals surface area contributed by atoms with Crippen LogP contribution in [0.15, 0.2) is 18.3 Å². The first-order valence-electron chi connectivity index (χ1n) is 6.07. The van der Waals surface area contributed by atoms with Gasteiger partial charge in [-0.2, -0.15) is 5.26 Å². The fraction of sp³-hybridized carbons (Fsp3) is 0.538. The molecule has 18 heavy (non-hydrogen) atoms. The number of anilines is 1. The SMILES string of the molecule is N#Cc1ccc(NCC2(CCO)CCOC2)nc1. The quantitative estimate of drug-likeness (QED) is 0.816. The Morgan fingerprint density at radius 1 is 1.56 bits per heavy atom. The Bertz CT molecular complexity index is 419. The van der Waals surface area contributed by atoms with Gasteiger partial charge in [0.05, 0.1) is 12.2 Å². The second-order valence-corrected chi connectivity index (χ2v) is 4.67. The second-order valence-electron chi connectivity index (χ2n) is 4.67. The van der Waals surface area contributed by atoms with Gasteiger partial charge in [-0.05, 0) is 25.0 Å². The van der Waals surface area contributed by atoms with Gasteiger partial charge in [-0.15, -0.1) is 0 Å². The molecule has 0 aliphatic carbocycles. The van der Waals surface area contributed by atoms with Crippen molar-refractivity contribution in [2.24, 2.45) is 5.41 Å². The molecule has 2 N–H and O–H groups in total. The van der Waals surface area contributed by atoms with Crippen molar-refractivity contribution in [1.29, 1.82) is 5.26 Å². The molecule has 2 rings (SSSR count). The van der Waals surface area contributed by atoms with Crippen molar-refractivity contribution in [3.63, 3.8) is 0 Å². The molecular formula is C13H17N3O2. The molecule has 0 amide bonds. The molecule has 0 radical (unpaired) electrons. The molecule has 0 bridgehead atoms. The summed E-state index contributed by atoms with van der Waals surface area (Å²) >= 11 is 0. The Morgan fingerprint density at radius 2 is 2.44 bits per heavy atom. The summed E-state index contributed by atoms with van der Waals surface area (Å²) in [6, 6.07) is 5.56. The lowest BCUT2D eigenvalue weighted by Gasteiger charge is -2.26. The van der Waals surface area contributed by atoms with Gasteiger partial charge in [-0.3, -0.25) is 0 Å². The van der Waals surface area contributed by atoms with E-state index in [4.69, 9.17) is 15.1 Å². The normalized spacial score (nSPS) is 22.7. The highest BCUT2D eigenvalue weighted by molar-refractivity contribution is 5.39. The van der Waals surface area contributed by atoms with Crippen LogP contribution in [0.4, 0.5) is 5.82 Å². The summed E-state index contributed by atoms with van der Waals surface area (Å²) in [6.07, 6.45) is 3.24. The molecule has 5 heteroatoms. The van der Waals surface area contributed by atoms with E-state index in [1.165, 1.54) is 0 Å². The molecule has 0 saturated carbocycles. The van der Waals surface area contributed by atoms with E-state index in [2.05, 4.69) is 10.3 Å². The van der Waals surface area contributed by atoms with E-state index in [-0.39, 0.29) is 12.0 Å². The van der Waals surface area contributed by atoms with Crippen LogP contribution in [0.1, 0.15) is 18.4 Å². The van der Waals surface area contributed by atoms with Gasteiger partial charge in [0.2, 0.25) is 0 Å². The van der Waals surface area contributed by atoms with Crippen LogP contribution in [-0.2, 0) is 4.74 Å². The predicted molar refractivity (Wildman–Crippen MR) is 67.0 cm³/mol. The first-order chi connectivity index (χ1) is 8.78. The van der Waals surface area contributed by atoms with Gasteiger partial charge < -0.3 is 15.2 Å². The number of aromatic nitrogens is 1. The van der Waals surface area contributed by atoms with Crippen molar-refractivity contribution in [3.05, 3.63) is 23.9 Å². The molecule has 1 saturated heterocycles. The summed E-state index contributed by atoms with van der Waals surface area (Å²) < 4.78 is 5.42. The molecule has 1 unspecified atom stereocenters. The molecule has 1 aliphatic heterocycles. The number of ether oxygens (including phenoxy) is 1. The molecule has 1 aliphatic rings. The Kier molecular flexibility index (Phi) is 4.13. The van der Waals surface area contributed by atoms with Gasteiger partial charge in [0, 0.05) is 31.4 Å². The zero-order valence-corrected chi connectivity index (χ0v) is 10.2. The average Bonchev–Trinajstić information content (AvgIpc) is 2.87. The second kappa shape index (κ2) is 5.80. The molecule has 1 aromatic rings.